The molecule has 1 aromatic heterocycles. The Morgan fingerprint density at radius 3 is 2.62 bits per heavy atom. The van der Waals surface area contributed by atoms with Gasteiger partial charge in [-0.1, -0.05) is 25.4 Å². The minimum absolute atomic E-state index is 0.135. The van der Waals surface area contributed by atoms with Crippen molar-refractivity contribution in [3.8, 4) is 5.69 Å². The first kappa shape index (κ1) is 14.7. The number of halogens is 1. The van der Waals surface area contributed by atoms with E-state index in [1.54, 1.807) is 0 Å². The van der Waals surface area contributed by atoms with Gasteiger partial charge in [0.05, 0.1) is 0 Å². The van der Waals surface area contributed by atoms with E-state index >= 15 is 0 Å². The molecule has 112 valence electrons. The van der Waals surface area contributed by atoms with Crippen molar-refractivity contribution in [3.63, 3.8) is 0 Å². The number of fused-ring (bicyclic) bond motifs is 1. The number of aryl methyl sites for hydroxylation is 2. The maximum absolute atomic E-state index is 6.41. The van der Waals surface area contributed by atoms with Gasteiger partial charge in [-0.2, -0.15) is 0 Å². The second-order valence-corrected chi connectivity index (χ2v) is 7.54. The molecule has 1 atom stereocenters. The summed E-state index contributed by atoms with van der Waals surface area (Å²) < 4.78 is 2.36. The molecule has 1 heterocycles. The van der Waals surface area contributed by atoms with Gasteiger partial charge in [0.2, 0.25) is 0 Å². The SMILES string of the molecule is Cc1cc(Cl)ccc1-n1c(C)cc2c1CC(C)(C)CC2N. The Morgan fingerprint density at radius 1 is 1.24 bits per heavy atom. The van der Waals surface area contributed by atoms with Gasteiger partial charge in [0.25, 0.3) is 0 Å². The van der Waals surface area contributed by atoms with Crippen LogP contribution < -0.4 is 5.73 Å². The van der Waals surface area contributed by atoms with Gasteiger partial charge < -0.3 is 10.3 Å². The highest BCUT2D eigenvalue weighted by molar-refractivity contribution is 6.30. The zero-order valence-electron chi connectivity index (χ0n) is 13.2. The van der Waals surface area contributed by atoms with Crippen LogP contribution in [0, 0.1) is 19.3 Å². The van der Waals surface area contributed by atoms with Crippen LogP contribution in [-0.4, -0.2) is 4.57 Å². The standard InChI is InChI=1S/C18H23ClN2/c1-11-7-13(19)5-6-16(11)21-12(2)8-14-15(20)9-18(3,4)10-17(14)21/h5-8,15H,9-10,20H2,1-4H3. The van der Waals surface area contributed by atoms with Gasteiger partial charge in [0.15, 0.2) is 0 Å². The minimum Gasteiger partial charge on any atom is -0.324 e. The molecule has 0 spiro atoms. The number of nitrogens with two attached hydrogens (primary N) is 1. The average molecular weight is 303 g/mol. The molecule has 2 aromatic rings. The fourth-order valence-electron chi connectivity index (χ4n) is 3.65. The Hall–Kier alpha value is -1.25. The number of hydrogen-bond donors (Lipinski definition) is 1. The third-order valence-corrected chi connectivity index (χ3v) is 4.77. The van der Waals surface area contributed by atoms with E-state index in [9.17, 15) is 0 Å². The lowest BCUT2D eigenvalue weighted by Gasteiger charge is -2.34. The first-order valence-electron chi connectivity index (χ1n) is 7.52. The average Bonchev–Trinajstić information content (AvgIpc) is 2.65. The van der Waals surface area contributed by atoms with E-state index < -0.39 is 0 Å². The highest BCUT2D eigenvalue weighted by atomic mass is 35.5. The van der Waals surface area contributed by atoms with Crippen LogP contribution in [-0.2, 0) is 6.42 Å². The summed E-state index contributed by atoms with van der Waals surface area (Å²) in [4.78, 5) is 0. The molecule has 3 rings (SSSR count). The number of hydrogen-bond acceptors (Lipinski definition) is 1. The predicted octanol–water partition coefficient (Wildman–Crippen LogP) is 4.72. The van der Waals surface area contributed by atoms with E-state index in [1.165, 1.54) is 28.2 Å². The molecule has 0 bridgehead atoms. The zero-order chi connectivity index (χ0) is 15.4. The van der Waals surface area contributed by atoms with Crippen molar-refractivity contribution < 1.29 is 0 Å². The van der Waals surface area contributed by atoms with E-state index in [0.29, 0.717) is 0 Å². The smallest absolute Gasteiger partial charge is 0.0485 e. The molecule has 0 aliphatic heterocycles. The summed E-state index contributed by atoms with van der Waals surface area (Å²) in [5.41, 5.74) is 13.0. The van der Waals surface area contributed by atoms with Crippen LogP contribution in [0.1, 0.15) is 48.8 Å². The Labute approximate surface area is 131 Å². The van der Waals surface area contributed by atoms with Gasteiger partial charge in [-0.15, -0.1) is 0 Å². The zero-order valence-corrected chi connectivity index (χ0v) is 14.0. The monoisotopic (exact) mass is 302 g/mol. The number of aromatic nitrogens is 1. The van der Waals surface area contributed by atoms with Gasteiger partial charge in [-0.25, -0.2) is 0 Å². The molecule has 0 radical (unpaired) electrons. The fraction of sp³-hybridized carbons (Fsp3) is 0.444. The number of benzene rings is 1. The lowest BCUT2D eigenvalue weighted by atomic mass is 9.74. The lowest BCUT2D eigenvalue weighted by molar-refractivity contribution is 0.278. The van der Waals surface area contributed by atoms with Crippen LogP contribution in [0.3, 0.4) is 0 Å². The van der Waals surface area contributed by atoms with Crippen LogP contribution in [0.25, 0.3) is 5.69 Å². The first-order valence-corrected chi connectivity index (χ1v) is 7.89. The fourth-order valence-corrected chi connectivity index (χ4v) is 3.88. The molecule has 0 fully saturated rings. The van der Waals surface area contributed by atoms with Crippen molar-refractivity contribution >= 4 is 11.6 Å². The molecule has 2 nitrogen and oxygen atoms in total. The highest BCUT2D eigenvalue weighted by Gasteiger charge is 2.33. The number of nitrogens with zero attached hydrogens (tertiary/aromatic N) is 1. The maximum Gasteiger partial charge on any atom is 0.0485 e. The van der Waals surface area contributed by atoms with E-state index in [1.807, 2.05) is 12.1 Å². The van der Waals surface area contributed by atoms with Gasteiger partial charge in [0, 0.05) is 28.1 Å². The van der Waals surface area contributed by atoms with Gasteiger partial charge >= 0.3 is 0 Å². The molecule has 0 saturated carbocycles. The summed E-state index contributed by atoms with van der Waals surface area (Å²) in [5.74, 6) is 0. The van der Waals surface area contributed by atoms with Gasteiger partial charge in [0.1, 0.15) is 0 Å². The topological polar surface area (TPSA) is 30.9 Å². The van der Waals surface area contributed by atoms with Crippen LogP contribution in [0.15, 0.2) is 24.3 Å². The van der Waals surface area contributed by atoms with Crippen LogP contribution in [0.5, 0.6) is 0 Å². The molecule has 1 aliphatic rings. The summed E-state index contributed by atoms with van der Waals surface area (Å²) in [5, 5.41) is 0.784. The molecule has 0 amide bonds. The van der Waals surface area contributed by atoms with Crippen LogP contribution >= 0.6 is 11.6 Å². The quantitative estimate of drug-likeness (QED) is 0.812. The second kappa shape index (κ2) is 4.89. The van der Waals surface area contributed by atoms with E-state index in [2.05, 4.69) is 44.4 Å². The third-order valence-electron chi connectivity index (χ3n) is 4.54. The van der Waals surface area contributed by atoms with Crippen molar-refractivity contribution in [1.82, 2.24) is 4.57 Å². The van der Waals surface area contributed by atoms with Gasteiger partial charge in [-0.05, 0) is 67.5 Å². The third kappa shape index (κ3) is 2.51. The molecule has 1 aliphatic carbocycles. The summed E-state index contributed by atoms with van der Waals surface area (Å²) in [7, 11) is 0. The highest BCUT2D eigenvalue weighted by Crippen LogP contribution is 2.42. The first-order chi connectivity index (χ1) is 9.78. The lowest BCUT2D eigenvalue weighted by Crippen LogP contribution is -2.30. The van der Waals surface area contributed by atoms with E-state index in [4.69, 9.17) is 17.3 Å². The van der Waals surface area contributed by atoms with Crippen molar-refractivity contribution in [1.29, 1.82) is 0 Å². The van der Waals surface area contributed by atoms with Crippen molar-refractivity contribution in [2.24, 2.45) is 11.1 Å². The Balaban J connectivity index is 2.21. The van der Waals surface area contributed by atoms with Crippen molar-refractivity contribution in [2.75, 3.05) is 0 Å². The molecule has 1 aromatic carbocycles. The molecule has 3 heteroatoms. The van der Waals surface area contributed by atoms with Gasteiger partial charge in [-0.3, -0.25) is 0 Å². The summed E-state index contributed by atoms with van der Waals surface area (Å²) >= 11 is 6.10. The summed E-state index contributed by atoms with van der Waals surface area (Å²) in [6.45, 7) is 8.88. The van der Waals surface area contributed by atoms with Crippen LogP contribution in [0.4, 0.5) is 0 Å². The molecular weight excluding hydrogens is 280 g/mol. The number of rotatable bonds is 1. The van der Waals surface area contributed by atoms with Crippen molar-refractivity contribution in [3.05, 3.63) is 51.8 Å². The molecule has 0 saturated heterocycles. The van der Waals surface area contributed by atoms with E-state index in [0.717, 1.165) is 17.9 Å². The molecule has 2 N–H and O–H groups in total. The predicted molar refractivity (Wildman–Crippen MR) is 89.3 cm³/mol. The van der Waals surface area contributed by atoms with Crippen molar-refractivity contribution in [2.45, 2.75) is 46.6 Å². The summed E-state index contributed by atoms with van der Waals surface area (Å²) in [6.07, 6.45) is 2.11. The normalized spacial score (nSPS) is 20.4. The molecular formula is C18H23ClN2. The summed E-state index contributed by atoms with van der Waals surface area (Å²) in [6, 6.07) is 8.48. The largest absolute Gasteiger partial charge is 0.324 e. The van der Waals surface area contributed by atoms with E-state index in [-0.39, 0.29) is 11.5 Å². The minimum atomic E-state index is 0.135. The Morgan fingerprint density at radius 2 is 1.95 bits per heavy atom. The Kier molecular flexibility index (Phi) is 3.42. The molecule has 21 heavy (non-hydrogen) atoms. The Bertz CT molecular complexity index is 697. The van der Waals surface area contributed by atoms with Crippen LogP contribution in [0.2, 0.25) is 5.02 Å². The second-order valence-electron chi connectivity index (χ2n) is 7.11. The maximum atomic E-state index is 6.41. The molecule has 1 unspecified atom stereocenters.